The highest BCUT2D eigenvalue weighted by Crippen LogP contribution is 2.31. The van der Waals surface area contributed by atoms with Gasteiger partial charge in [-0.3, -0.25) is 0 Å². The average molecular weight is 271 g/mol. The second kappa shape index (κ2) is 4.71. The monoisotopic (exact) mass is 270 g/mol. The molecule has 0 amide bonds. The molecule has 2 aromatic heterocycles. The number of halogens is 1. The summed E-state index contributed by atoms with van der Waals surface area (Å²) in [6.07, 6.45) is 1.75. The van der Waals surface area contributed by atoms with Crippen molar-refractivity contribution in [1.29, 1.82) is 0 Å². The molecule has 3 aromatic rings. The van der Waals surface area contributed by atoms with Crippen molar-refractivity contribution in [3.05, 3.63) is 65.1 Å². The molecule has 1 aromatic carbocycles. The van der Waals surface area contributed by atoms with Crippen molar-refractivity contribution < 1.29 is 0 Å². The second-order valence-electron chi connectivity index (χ2n) is 4.80. The summed E-state index contributed by atoms with van der Waals surface area (Å²) in [5.41, 5.74) is 3.67. The van der Waals surface area contributed by atoms with Crippen LogP contribution in [0.4, 0.5) is 0 Å². The van der Waals surface area contributed by atoms with Gasteiger partial charge in [-0.2, -0.15) is 0 Å². The molecule has 0 fully saturated rings. The lowest BCUT2D eigenvalue weighted by molar-refractivity contribution is 0.787. The summed E-state index contributed by atoms with van der Waals surface area (Å²) in [5.74, 6) is 0.328. The lowest BCUT2D eigenvalue weighted by atomic mass is 9.98. The van der Waals surface area contributed by atoms with Gasteiger partial charge >= 0.3 is 0 Å². The van der Waals surface area contributed by atoms with E-state index in [1.54, 1.807) is 6.20 Å². The van der Waals surface area contributed by atoms with E-state index in [1.807, 2.05) is 12.1 Å². The molecule has 0 saturated carbocycles. The summed E-state index contributed by atoms with van der Waals surface area (Å²) in [6.45, 7) is 2.21. The van der Waals surface area contributed by atoms with Crippen LogP contribution in [0.1, 0.15) is 24.1 Å². The summed E-state index contributed by atoms with van der Waals surface area (Å²) >= 11 is 6.17. The Morgan fingerprint density at radius 1 is 1.16 bits per heavy atom. The van der Waals surface area contributed by atoms with Crippen LogP contribution in [0.25, 0.3) is 10.9 Å². The Balaban J connectivity index is 2.16. The number of hydrogen-bond donors (Lipinski definition) is 0. The van der Waals surface area contributed by atoms with Gasteiger partial charge in [-0.15, -0.1) is 0 Å². The van der Waals surface area contributed by atoms with E-state index in [4.69, 9.17) is 11.6 Å². The largest absolute Gasteiger partial charge is 0.347 e. The van der Waals surface area contributed by atoms with Crippen LogP contribution < -0.4 is 0 Å². The molecule has 3 rings (SSSR count). The van der Waals surface area contributed by atoms with Crippen molar-refractivity contribution in [3.8, 4) is 0 Å². The first-order chi connectivity index (χ1) is 9.18. The van der Waals surface area contributed by atoms with Gasteiger partial charge in [0.25, 0.3) is 0 Å². The van der Waals surface area contributed by atoms with Gasteiger partial charge in [0.15, 0.2) is 0 Å². The first-order valence-electron chi connectivity index (χ1n) is 6.33. The number of aromatic nitrogens is 2. The summed E-state index contributed by atoms with van der Waals surface area (Å²) in [7, 11) is 2.08. The van der Waals surface area contributed by atoms with Gasteiger partial charge in [0.1, 0.15) is 5.15 Å². The van der Waals surface area contributed by atoms with Gasteiger partial charge in [-0.1, -0.05) is 48.9 Å². The molecule has 0 spiro atoms. The zero-order valence-corrected chi connectivity index (χ0v) is 11.7. The fraction of sp³-hybridized carbons (Fsp3) is 0.188. The minimum Gasteiger partial charge on any atom is -0.347 e. The van der Waals surface area contributed by atoms with Crippen LogP contribution in [0, 0.1) is 0 Å². The third kappa shape index (κ3) is 2.02. The molecule has 0 N–H and O–H groups in total. The number of nitrogens with zero attached hydrogens (tertiary/aromatic N) is 2. The summed E-state index contributed by atoms with van der Waals surface area (Å²) in [5, 5.41) is 1.59. The summed E-state index contributed by atoms with van der Waals surface area (Å²) < 4.78 is 2.19. The van der Waals surface area contributed by atoms with Crippen molar-refractivity contribution in [3.63, 3.8) is 0 Å². The topological polar surface area (TPSA) is 17.8 Å². The molecule has 0 saturated heterocycles. The van der Waals surface area contributed by atoms with E-state index in [-0.39, 0.29) is 0 Å². The van der Waals surface area contributed by atoms with Crippen LogP contribution in [0.5, 0.6) is 0 Å². The molecule has 1 atom stereocenters. The molecule has 0 bridgehead atoms. The zero-order chi connectivity index (χ0) is 13.4. The Labute approximate surface area is 117 Å². The number of rotatable bonds is 2. The molecule has 0 aliphatic carbocycles. The van der Waals surface area contributed by atoms with Crippen LogP contribution >= 0.6 is 11.6 Å². The van der Waals surface area contributed by atoms with E-state index in [1.165, 1.54) is 11.3 Å². The lowest BCUT2D eigenvalue weighted by Crippen LogP contribution is -2.02. The van der Waals surface area contributed by atoms with Gasteiger partial charge in [-0.05, 0) is 17.7 Å². The maximum Gasteiger partial charge on any atom is 0.138 e. The van der Waals surface area contributed by atoms with Crippen LogP contribution in [0.15, 0.2) is 48.7 Å². The smallest absolute Gasteiger partial charge is 0.138 e. The number of benzene rings is 1. The Morgan fingerprint density at radius 2 is 1.89 bits per heavy atom. The molecular formula is C16H15ClN2. The molecule has 2 heterocycles. The minimum absolute atomic E-state index is 0.328. The van der Waals surface area contributed by atoms with Crippen molar-refractivity contribution in [2.45, 2.75) is 12.8 Å². The number of pyridine rings is 1. The predicted molar refractivity (Wildman–Crippen MR) is 79.7 cm³/mol. The van der Waals surface area contributed by atoms with Crippen LogP contribution in [-0.2, 0) is 7.05 Å². The van der Waals surface area contributed by atoms with Crippen molar-refractivity contribution in [2.75, 3.05) is 0 Å². The van der Waals surface area contributed by atoms with E-state index in [2.05, 4.69) is 53.9 Å². The maximum atomic E-state index is 6.17. The first-order valence-corrected chi connectivity index (χ1v) is 6.71. The van der Waals surface area contributed by atoms with Gasteiger partial charge in [0, 0.05) is 30.2 Å². The summed E-state index contributed by atoms with van der Waals surface area (Å²) in [6, 6.07) is 14.6. The Kier molecular flexibility index (Phi) is 3.03. The molecule has 3 heteroatoms. The van der Waals surface area contributed by atoms with Gasteiger partial charge in [0.2, 0.25) is 0 Å². The molecule has 0 radical (unpaired) electrons. The van der Waals surface area contributed by atoms with Crippen molar-refractivity contribution >= 4 is 22.5 Å². The molecule has 0 aliphatic rings. The fourth-order valence-electron chi connectivity index (χ4n) is 2.58. The molecule has 2 nitrogen and oxygen atoms in total. The third-order valence-electron chi connectivity index (χ3n) is 3.70. The van der Waals surface area contributed by atoms with E-state index in [0.29, 0.717) is 11.1 Å². The van der Waals surface area contributed by atoms with Crippen molar-refractivity contribution in [1.82, 2.24) is 9.55 Å². The second-order valence-corrected chi connectivity index (χ2v) is 5.15. The van der Waals surface area contributed by atoms with Crippen LogP contribution in [-0.4, -0.2) is 9.55 Å². The van der Waals surface area contributed by atoms with Gasteiger partial charge < -0.3 is 4.57 Å². The highest BCUT2D eigenvalue weighted by molar-refractivity contribution is 6.34. The maximum absolute atomic E-state index is 6.17. The molecular weight excluding hydrogens is 256 g/mol. The predicted octanol–water partition coefficient (Wildman–Crippen LogP) is 4.38. The quantitative estimate of drug-likeness (QED) is 0.632. The third-order valence-corrected chi connectivity index (χ3v) is 4.00. The number of fused-ring (bicyclic) bond motifs is 1. The average Bonchev–Trinajstić information content (AvgIpc) is 2.78. The van der Waals surface area contributed by atoms with Crippen molar-refractivity contribution in [2.24, 2.45) is 7.05 Å². The Hall–Kier alpha value is -1.80. The van der Waals surface area contributed by atoms with Crippen LogP contribution in [0.3, 0.4) is 0 Å². The van der Waals surface area contributed by atoms with E-state index in [9.17, 15) is 0 Å². The molecule has 0 unspecified atom stereocenters. The molecule has 96 valence electrons. The van der Waals surface area contributed by atoms with Gasteiger partial charge in [0.05, 0.1) is 5.52 Å². The normalized spacial score (nSPS) is 12.8. The van der Waals surface area contributed by atoms with Crippen LogP contribution in [0.2, 0.25) is 5.15 Å². The number of hydrogen-bond acceptors (Lipinski definition) is 1. The molecule has 0 aliphatic heterocycles. The fourth-order valence-corrected chi connectivity index (χ4v) is 2.78. The van der Waals surface area contributed by atoms with E-state index >= 15 is 0 Å². The Morgan fingerprint density at radius 3 is 2.58 bits per heavy atom. The minimum atomic E-state index is 0.328. The zero-order valence-electron chi connectivity index (χ0n) is 11.0. The lowest BCUT2D eigenvalue weighted by Gasteiger charge is -2.13. The van der Waals surface area contributed by atoms with E-state index < -0.39 is 0 Å². The highest BCUT2D eigenvalue weighted by atomic mass is 35.5. The highest BCUT2D eigenvalue weighted by Gasteiger charge is 2.15. The number of aryl methyl sites for hydroxylation is 1. The first kappa shape index (κ1) is 12.2. The Bertz CT molecular complexity index is 716. The standard InChI is InChI=1S/C16H15ClN2/c1-11(12-6-4-3-5-7-12)15-10-13-14(19(15)2)8-9-18-16(13)17/h3-11H,1-2H3/t11-/m1/s1. The summed E-state index contributed by atoms with van der Waals surface area (Å²) in [4.78, 5) is 4.15. The van der Waals surface area contributed by atoms with Gasteiger partial charge in [-0.25, -0.2) is 4.98 Å². The molecule has 19 heavy (non-hydrogen) atoms. The SMILES string of the molecule is C[C@H](c1ccccc1)c1cc2c(Cl)nccc2n1C. The van der Waals surface area contributed by atoms with E-state index in [0.717, 1.165) is 10.9 Å².